The molecule has 0 aliphatic carbocycles. The Balaban J connectivity index is 3.01. The molecule has 0 spiro atoms. The molecule has 0 bridgehead atoms. The van der Waals surface area contributed by atoms with E-state index in [2.05, 4.69) is 24.3 Å². The summed E-state index contributed by atoms with van der Waals surface area (Å²) in [5, 5.41) is 0. The molecule has 0 heterocycles. The number of unbranched alkanes of at least 4 members (excludes halogenated alkanes) is 8. The fraction of sp³-hybridized carbons (Fsp3) is 0.667. The van der Waals surface area contributed by atoms with Crippen LogP contribution in [0, 0.1) is 0 Å². The molecule has 1 heteroatoms. The number of carbonyl (C=O) groups is 1. The van der Waals surface area contributed by atoms with Gasteiger partial charge in [-0.15, -0.1) is 0 Å². The molecule has 0 atom stereocenters. The average molecular weight is 222 g/mol. The van der Waals surface area contributed by atoms with E-state index in [1.165, 1.54) is 44.9 Å². The summed E-state index contributed by atoms with van der Waals surface area (Å²) in [7, 11) is 0. The Bertz CT molecular complexity index is 192. The molecule has 0 aliphatic rings. The Morgan fingerprint density at radius 3 is 1.88 bits per heavy atom. The number of hydrogen-bond acceptors (Lipinski definition) is 1. The molecular formula is C15H26O. The van der Waals surface area contributed by atoms with E-state index < -0.39 is 0 Å². The molecule has 0 saturated carbocycles. The van der Waals surface area contributed by atoms with E-state index in [0.29, 0.717) is 0 Å². The Morgan fingerprint density at radius 1 is 0.750 bits per heavy atom. The predicted molar refractivity (Wildman–Crippen MR) is 71.6 cm³/mol. The zero-order valence-corrected chi connectivity index (χ0v) is 10.7. The molecule has 0 aliphatic heterocycles. The monoisotopic (exact) mass is 222 g/mol. The van der Waals surface area contributed by atoms with Crippen molar-refractivity contribution in [3.8, 4) is 0 Å². The number of hydrogen-bond donors (Lipinski definition) is 0. The van der Waals surface area contributed by atoms with Crippen molar-refractivity contribution in [3.05, 3.63) is 24.3 Å². The summed E-state index contributed by atoms with van der Waals surface area (Å²) in [4.78, 5) is 10.1. The maximum atomic E-state index is 10.1. The largest absolute Gasteiger partial charge is 0.303 e. The zero-order valence-electron chi connectivity index (χ0n) is 10.7. The summed E-state index contributed by atoms with van der Waals surface area (Å²) in [6.45, 7) is 2.04. The highest BCUT2D eigenvalue weighted by atomic mass is 16.1. The molecule has 0 N–H and O–H groups in total. The highest BCUT2D eigenvalue weighted by Gasteiger charge is 1.90. The van der Waals surface area contributed by atoms with Gasteiger partial charge in [0, 0.05) is 6.42 Å². The topological polar surface area (TPSA) is 17.1 Å². The maximum absolute atomic E-state index is 10.1. The summed E-state index contributed by atoms with van der Waals surface area (Å²) < 4.78 is 0. The molecule has 0 aromatic heterocycles. The smallest absolute Gasteiger partial charge is 0.119 e. The molecule has 0 saturated heterocycles. The Labute approximate surface area is 101 Å². The van der Waals surface area contributed by atoms with Crippen molar-refractivity contribution in [2.24, 2.45) is 0 Å². The minimum Gasteiger partial charge on any atom is -0.303 e. The van der Waals surface area contributed by atoms with Crippen molar-refractivity contribution < 1.29 is 4.79 Å². The van der Waals surface area contributed by atoms with Crippen molar-refractivity contribution in [3.63, 3.8) is 0 Å². The number of carbonyl (C=O) groups excluding carboxylic acids is 1. The number of aldehydes is 1. The first-order valence-corrected chi connectivity index (χ1v) is 6.63. The summed E-state index contributed by atoms with van der Waals surface area (Å²) in [6.07, 6.45) is 20.4. The van der Waals surface area contributed by atoms with Gasteiger partial charge in [-0.1, -0.05) is 56.4 Å². The Kier molecular flexibility index (Phi) is 13.4. The van der Waals surface area contributed by atoms with Gasteiger partial charge in [-0.2, -0.15) is 0 Å². The van der Waals surface area contributed by atoms with Crippen molar-refractivity contribution in [2.45, 2.75) is 64.7 Å². The van der Waals surface area contributed by atoms with Gasteiger partial charge < -0.3 is 4.79 Å². The van der Waals surface area contributed by atoms with Crippen LogP contribution in [0.15, 0.2) is 24.3 Å². The summed E-state index contributed by atoms with van der Waals surface area (Å²) in [5.41, 5.74) is 0. The lowest BCUT2D eigenvalue weighted by Gasteiger charge is -1.99. The molecule has 0 unspecified atom stereocenters. The van der Waals surface area contributed by atoms with Crippen molar-refractivity contribution in [1.82, 2.24) is 0 Å². The lowest BCUT2D eigenvalue weighted by molar-refractivity contribution is -0.107. The van der Waals surface area contributed by atoms with Gasteiger partial charge >= 0.3 is 0 Å². The molecule has 0 amide bonds. The van der Waals surface area contributed by atoms with Crippen LogP contribution in [0.1, 0.15) is 64.7 Å². The van der Waals surface area contributed by atoms with Gasteiger partial charge in [0.15, 0.2) is 0 Å². The normalized spacial score (nSPS) is 11.6. The van der Waals surface area contributed by atoms with Crippen LogP contribution in [0.5, 0.6) is 0 Å². The van der Waals surface area contributed by atoms with Crippen LogP contribution in [0.25, 0.3) is 0 Å². The first-order chi connectivity index (χ1) is 7.91. The standard InChI is InChI=1S/C15H26O/c1-2-3-4-5-6-7-8-9-10-11-12-13-14-15-16/h2-5,15H,6-14H2,1H3/b3-2?,5-4+. The van der Waals surface area contributed by atoms with Crippen LogP contribution in [0.3, 0.4) is 0 Å². The zero-order chi connectivity index (χ0) is 11.9. The first-order valence-electron chi connectivity index (χ1n) is 6.63. The SMILES string of the molecule is CC=C/C=C/CCCCCCCCCC=O. The van der Waals surface area contributed by atoms with Crippen molar-refractivity contribution >= 4 is 6.29 Å². The summed E-state index contributed by atoms with van der Waals surface area (Å²) in [5.74, 6) is 0. The first kappa shape index (κ1) is 15.2. The van der Waals surface area contributed by atoms with E-state index in [-0.39, 0.29) is 0 Å². The number of allylic oxidation sites excluding steroid dienone is 4. The molecule has 92 valence electrons. The lowest BCUT2D eigenvalue weighted by atomic mass is 10.1. The summed E-state index contributed by atoms with van der Waals surface area (Å²) in [6, 6.07) is 0. The third kappa shape index (κ3) is 13.2. The third-order valence-corrected chi connectivity index (χ3v) is 2.63. The van der Waals surface area contributed by atoms with E-state index in [4.69, 9.17) is 0 Å². The molecule has 0 aromatic carbocycles. The van der Waals surface area contributed by atoms with E-state index >= 15 is 0 Å². The van der Waals surface area contributed by atoms with Gasteiger partial charge in [0.05, 0.1) is 0 Å². The van der Waals surface area contributed by atoms with E-state index in [1.807, 2.05) is 6.92 Å². The second kappa shape index (κ2) is 14.2. The van der Waals surface area contributed by atoms with Crippen LogP contribution in [0.4, 0.5) is 0 Å². The van der Waals surface area contributed by atoms with Crippen LogP contribution in [-0.2, 0) is 4.79 Å². The molecule has 16 heavy (non-hydrogen) atoms. The van der Waals surface area contributed by atoms with Crippen molar-refractivity contribution in [1.29, 1.82) is 0 Å². The van der Waals surface area contributed by atoms with Crippen molar-refractivity contribution in [2.75, 3.05) is 0 Å². The molecule has 0 rings (SSSR count). The predicted octanol–water partition coefficient (Wildman–Crippen LogP) is 4.83. The second-order valence-electron chi connectivity index (χ2n) is 4.17. The summed E-state index contributed by atoms with van der Waals surface area (Å²) >= 11 is 0. The minimum atomic E-state index is 0.746. The highest BCUT2D eigenvalue weighted by Crippen LogP contribution is 2.09. The van der Waals surface area contributed by atoms with Crippen LogP contribution < -0.4 is 0 Å². The maximum Gasteiger partial charge on any atom is 0.119 e. The third-order valence-electron chi connectivity index (χ3n) is 2.63. The molecule has 1 nitrogen and oxygen atoms in total. The van der Waals surface area contributed by atoms with Gasteiger partial charge in [-0.25, -0.2) is 0 Å². The van der Waals surface area contributed by atoms with Crippen LogP contribution >= 0.6 is 0 Å². The van der Waals surface area contributed by atoms with Crippen LogP contribution in [-0.4, -0.2) is 6.29 Å². The van der Waals surface area contributed by atoms with Gasteiger partial charge in [-0.3, -0.25) is 0 Å². The van der Waals surface area contributed by atoms with Gasteiger partial charge in [0.25, 0.3) is 0 Å². The molecular weight excluding hydrogens is 196 g/mol. The quantitative estimate of drug-likeness (QED) is 0.278. The highest BCUT2D eigenvalue weighted by molar-refractivity contribution is 5.48. The van der Waals surface area contributed by atoms with Gasteiger partial charge in [0.2, 0.25) is 0 Å². The second-order valence-corrected chi connectivity index (χ2v) is 4.17. The fourth-order valence-electron chi connectivity index (χ4n) is 1.66. The molecule has 0 aromatic rings. The Hall–Kier alpha value is -0.850. The van der Waals surface area contributed by atoms with E-state index in [0.717, 1.165) is 19.1 Å². The van der Waals surface area contributed by atoms with Gasteiger partial charge in [0.1, 0.15) is 6.29 Å². The van der Waals surface area contributed by atoms with Gasteiger partial charge in [-0.05, 0) is 26.2 Å². The molecule has 0 radical (unpaired) electrons. The lowest BCUT2D eigenvalue weighted by Crippen LogP contribution is -1.81. The minimum absolute atomic E-state index is 0.746. The average Bonchev–Trinajstić information content (AvgIpc) is 2.31. The number of rotatable bonds is 11. The Morgan fingerprint density at radius 2 is 1.31 bits per heavy atom. The molecule has 0 fully saturated rings. The van der Waals surface area contributed by atoms with E-state index in [9.17, 15) is 4.79 Å². The van der Waals surface area contributed by atoms with E-state index in [1.54, 1.807) is 0 Å². The fourth-order valence-corrected chi connectivity index (χ4v) is 1.66. The van der Waals surface area contributed by atoms with Crippen LogP contribution in [0.2, 0.25) is 0 Å².